The molecule has 1 aromatic heterocycles. The predicted molar refractivity (Wildman–Crippen MR) is 81.8 cm³/mol. The van der Waals surface area contributed by atoms with Gasteiger partial charge in [0, 0.05) is 5.39 Å². The molecule has 0 aliphatic carbocycles. The molecule has 2 aromatic rings. The SMILES string of the molecule is CCCC1(CC(=O)O)OCCc2c1[nH]c1c(F)ccc(Cl)c21. The Morgan fingerprint density at radius 3 is 3.00 bits per heavy atom. The minimum Gasteiger partial charge on any atom is -0.481 e. The zero-order valence-electron chi connectivity index (χ0n) is 12.2. The lowest BCUT2D eigenvalue weighted by atomic mass is 9.85. The van der Waals surface area contributed by atoms with Crippen molar-refractivity contribution in [3.63, 3.8) is 0 Å². The van der Waals surface area contributed by atoms with Crippen molar-refractivity contribution in [3.05, 3.63) is 34.2 Å². The maximum absolute atomic E-state index is 14.1. The van der Waals surface area contributed by atoms with Crippen molar-refractivity contribution >= 4 is 28.5 Å². The van der Waals surface area contributed by atoms with Crippen LogP contribution in [0.3, 0.4) is 0 Å². The fraction of sp³-hybridized carbons (Fsp3) is 0.438. The van der Waals surface area contributed by atoms with E-state index in [-0.39, 0.29) is 6.42 Å². The van der Waals surface area contributed by atoms with Crippen LogP contribution in [-0.2, 0) is 21.6 Å². The van der Waals surface area contributed by atoms with E-state index in [2.05, 4.69) is 4.98 Å². The summed E-state index contributed by atoms with van der Waals surface area (Å²) in [4.78, 5) is 14.4. The Morgan fingerprint density at radius 2 is 2.32 bits per heavy atom. The van der Waals surface area contributed by atoms with Crippen LogP contribution in [0, 0.1) is 5.82 Å². The highest BCUT2D eigenvalue weighted by Gasteiger charge is 2.42. The molecule has 0 radical (unpaired) electrons. The number of carboxylic acid groups (broad SMARTS) is 1. The van der Waals surface area contributed by atoms with Crippen LogP contribution in [0.25, 0.3) is 10.9 Å². The van der Waals surface area contributed by atoms with Crippen LogP contribution in [0.4, 0.5) is 4.39 Å². The van der Waals surface area contributed by atoms with Crippen molar-refractivity contribution in [2.45, 2.75) is 38.2 Å². The number of H-pyrrole nitrogens is 1. The molecule has 2 N–H and O–H groups in total. The van der Waals surface area contributed by atoms with Gasteiger partial charge >= 0.3 is 5.97 Å². The molecule has 1 aliphatic rings. The smallest absolute Gasteiger partial charge is 0.306 e. The third kappa shape index (κ3) is 2.29. The number of hydrogen-bond donors (Lipinski definition) is 2. The summed E-state index contributed by atoms with van der Waals surface area (Å²) in [5.74, 6) is -1.33. The molecule has 22 heavy (non-hydrogen) atoms. The van der Waals surface area contributed by atoms with Gasteiger partial charge in [0.15, 0.2) is 0 Å². The number of ether oxygens (including phenoxy) is 1. The number of carboxylic acids is 1. The highest BCUT2D eigenvalue weighted by atomic mass is 35.5. The lowest BCUT2D eigenvalue weighted by Gasteiger charge is -2.36. The van der Waals surface area contributed by atoms with Crippen molar-refractivity contribution in [2.75, 3.05) is 6.61 Å². The van der Waals surface area contributed by atoms with E-state index in [1.807, 2.05) is 6.92 Å². The number of benzene rings is 1. The van der Waals surface area contributed by atoms with Crippen LogP contribution >= 0.6 is 11.6 Å². The van der Waals surface area contributed by atoms with Crippen LogP contribution in [0.15, 0.2) is 12.1 Å². The van der Waals surface area contributed by atoms with Gasteiger partial charge in [-0.2, -0.15) is 0 Å². The largest absolute Gasteiger partial charge is 0.481 e. The van der Waals surface area contributed by atoms with E-state index in [0.717, 1.165) is 12.0 Å². The first-order valence-electron chi connectivity index (χ1n) is 7.33. The Bertz CT molecular complexity index is 743. The van der Waals surface area contributed by atoms with Crippen LogP contribution in [0.1, 0.15) is 37.4 Å². The summed E-state index contributed by atoms with van der Waals surface area (Å²) < 4.78 is 20.0. The second kappa shape index (κ2) is 5.56. The first-order chi connectivity index (χ1) is 10.5. The average molecular weight is 326 g/mol. The molecule has 1 atom stereocenters. The van der Waals surface area contributed by atoms with E-state index >= 15 is 0 Å². The number of aromatic nitrogens is 1. The lowest BCUT2D eigenvalue weighted by Crippen LogP contribution is -2.37. The Labute approximate surface area is 132 Å². The summed E-state index contributed by atoms with van der Waals surface area (Å²) >= 11 is 6.24. The summed E-state index contributed by atoms with van der Waals surface area (Å²) in [5, 5.41) is 10.4. The van der Waals surface area contributed by atoms with E-state index in [1.54, 1.807) is 0 Å². The third-order valence-electron chi connectivity index (χ3n) is 4.23. The number of carbonyl (C=O) groups is 1. The van der Waals surface area contributed by atoms with Crippen molar-refractivity contribution < 1.29 is 19.0 Å². The van der Waals surface area contributed by atoms with Crippen LogP contribution < -0.4 is 0 Å². The molecular formula is C16H17ClFNO3. The first-order valence-corrected chi connectivity index (χ1v) is 7.71. The van der Waals surface area contributed by atoms with Gasteiger partial charge in [0.25, 0.3) is 0 Å². The standard InChI is InChI=1S/C16H17ClFNO3/c1-2-6-16(8-12(20)21)15-9(5-7-22-16)13-10(17)3-4-11(18)14(13)19-15/h3-4,19H,2,5-8H2,1H3,(H,20,21). The third-order valence-corrected chi connectivity index (χ3v) is 4.55. The molecule has 0 bridgehead atoms. The molecule has 1 aliphatic heterocycles. The number of nitrogens with one attached hydrogen (secondary N) is 1. The monoisotopic (exact) mass is 325 g/mol. The molecule has 1 unspecified atom stereocenters. The summed E-state index contributed by atoms with van der Waals surface area (Å²) in [7, 11) is 0. The summed E-state index contributed by atoms with van der Waals surface area (Å²) in [5.41, 5.74) is 0.919. The highest BCUT2D eigenvalue weighted by molar-refractivity contribution is 6.35. The quantitative estimate of drug-likeness (QED) is 0.893. The Morgan fingerprint density at radius 1 is 1.55 bits per heavy atom. The fourth-order valence-electron chi connectivity index (χ4n) is 3.43. The normalized spacial score (nSPS) is 21.0. The lowest BCUT2D eigenvalue weighted by molar-refractivity contribution is -0.149. The van der Waals surface area contributed by atoms with Crippen molar-refractivity contribution in [2.24, 2.45) is 0 Å². The van der Waals surface area contributed by atoms with Crippen molar-refractivity contribution in [1.29, 1.82) is 0 Å². The van der Waals surface area contributed by atoms with Gasteiger partial charge < -0.3 is 14.8 Å². The minimum atomic E-state index is -0.942. The Kier molecular flexibility index (Phi) is 3.87. The first kappa shape index (κ1) is 15.3. The summed E-state index contributed by atoms with van der Waals surface area (Å²) in [6.07, 6.45) is 1.75. The second-order valence-corrected chi connectivity index (χ2v) is 6.08. The molecule has 0 spiro atoms. The average Bonchev–Trinajstić information content (AvgIpc) is 2.85. The molecule has 2 heterocycles. The Hall–Kier alpha value is -1.59. The van der Waals surface area contributed by atoms with Crippen LogP contribution in [-0.4, -0.2) is 22.7 Å². The zero-order valence-corrected chi connectivity index (χ0v) is 13.0. The Balaban J connectivity index is 2.27. The minimum absolute atomic E-state index is 0.153. The number of rotatable bonds is 4. The highest BCUT2D eigenvalue weighted by Crippen LogP contribution is 2.44. The predicted octanol–water partition coefficient (Wildman–Crippen LogP) is 4.00. The fourth-order valence-corrected chi connectivity index (χ4v) is 3.70. The van der Waals surface area contributed by atoms with Gasteiger partial charge in [-0.1, -0.05) is 24.9 Å². The molecular weight excluding hydrogens is 309 g/mol. The van der Waals surface area contributed by atoms with Gasteiger partial charge in [-0.3, -0.25) is 4.79 Å². The summed E-state index contributed by atoms with van der Waals surface area (Å²) in [6.45, 7) is 2.37. The molecule has 118 valence electrons. The molecule has 1 aromatic carbocycles. The topological polar surface area (TPSA) is 62.3 Å². The van der Waals surface area contributed by atoms with E-state index in [0.29, 0.717) is 41.1 Å². The molecule has 0 saturated carbocycles. The van der Waals surface area contributed by atoms with Crippen molar-refractivity contribution in [3.8, 4) is 0 Å². The van der Waals surface area contributed by atoms with E-state index in [9.17, 15) is 14.3 Å². The van der Waals surface area contributed by atoms with E-state index in [4.69, 9.17) is 16.3 Å². The molecule has 0 fully saturated rings. The summed E-state index contributed by atoms with van der Waals surface area (Å²) in [6, 6.07) is 2.84. The zero-order chi connectivity index (χ0) is 15.9. The number of hydrogen-bond acceptors (Lipinski definition) is 2. The number of aliphatic carboxylic acids is 1. The molecule has 0 saturated heterocycles. The number of aromatic amines is 1. The molecule has 4 nitrogen and oxygen atoms in total. The van der Waals surface area contributed by atoms with Gasteiger partial charge in [0.05, 0.1) is 29.3 Å². The van der Waals surface area contributed by atoms with Crippen LogP contribution in [0.2, 0.25) is 5.02 Å². The second-order valence-electron chi connectivity index (χ2n) is 5.67. The van der Waals surface area contributed by atoms with Crippen LogP contribution in [0.5, 0.6) is 0 Å². The van der Waals surface area contributed by atoms with Gasteiger partial charge in [0.1, 0.15) is 11.4 Å². The molecule has 3 rings (SSSR count). The van der Waals surface area contributed by atoms with Gasteiger partial charge in [-0.25, -0.2) is 4.39 Å². The van der Waals surface area contributed by atoms with E-state index < -0.39 is 17.4 Å². The van der Waals surface area contributed by atoms with Crippen molar-refractivity contribution in [1.82, 2.24) is 4.98 Å². The van der Waals surface area contributed by atoms with Gasteiger partial charge in [-0.05, 0) is 30.5 Å². The maximum Gasteiger partial charge on any atom is 0.306 e. The molecule has 0 amide bonds. The molecule has 6 heteroatoms. The van der Waals surface area contributed by atoms with Gasteiger partial charge in [-0.15, -0.1) is 0 Å². The van der Waals surface area contributed by atoms with E-state index in [1.165, 1.54) is 12.1 Å². The number of fused-ring (bicyclic) bond motifs is 3. The maximum atomic E-state index is 14.1. The number of halogens is 2. The van der Waals surface area contributed by atoms with Gasteiger partial charge in [0.2, 0.25) is 0 Å².